The first-order chi connectivity index (χ1) is 5.41. The predicted octanol–water partition coefficient (Wildman–Crippen LogP) is 1.87. The van der Waals surface area contributed by atoms with E-state index in [-0.39, 0.29) is 11.5 Å². The maximum absolute atomic E-state index is 12.8. The smallest absolute Gasteiger partial charge is 0.186 e. The molecule has 1 rings (SSSR count). The summed E-state index contributed by atoms with van der Waals surface area (Å²) in [5, 5.41) is 9.11. The van der Waals surface area contributed by atoms with Crippen molar-refractivity contribution in [3.8, 4) is 0 Å². The monoisotopic (exact) mass is 176 g/mol. The third-order valence-corrected chi connectivity index (χ3v) is 2.28. The van der Waals surface area contributed by atoms with Crippen LogP contribution in [0.25, 0.3) is 0 Å². The molecule has 0 bridgehead atoms. The van der Waals surface area contributed by atoms with Crippen LogP contribution >= 0.6 is 0 Å². The summed E-state index contributed by atoms with van der Waals surface area (Å²) in [6.45, 7) is 6.09. The second-order valence-corrected chi connectivity index (χ2v) is 4.47. The Morgan fingerprint density at radius 3 is 2.33 bits per heavy atom. The van der Waals surface area contributed by atoms with Gasteiger partial charge in [-0.25, -0.2) is 4.39 Å². The molecule has 1 saturated heterocycles. The van der Waals surface area contributed by atoms with Crippen LogP contribution in [0, 0.1) is 5.41 Å². The Labute approximate surface area is 72.7 Å². The zero-order valence-electron chi connectivity index (χ0n) is 7.88. The van der Waals surface area contributed by atoms with Crippen molar-refractivity contribution in [1.82, 2.24) is 0 Å². The second-order valence-electron chi connectivity index (χ2n) is 4.47. The zero-order valence-corrected chi connectivity index (χ0v) is 7.88. The van der Waals surface area contributed by atoms with E-state index in [2.05, 4.69) is 0 Å². The average molecular weight is 176 g/mol. The number of aliphatic hydroxyl groups excluding tert-OH is 1. The van der Waals surface area contributed by atoms with Gasteiger partial charge in [0.25, 0.3) is 0 Å². The lowest BCUT2D eigenvalue weighted by atomic mass is 9.84. The van der Waals surface area contributed by atoms with Gasteiger partial charge in [-0.05, 0) is 18.3 Å². The molecule has 1 fully saturated rings. The summed E-state index contributed by atoms with van der Waals surface area (Å²) in [5.74, 6) is 0. The Hall–Kier alpha value is -0.150. The van der Waals surface area contributed by atoms with Crippen molar-refractivity contribution in [2.45, 2.75) is 52.2 Å². The van der Waals surface area contributed by atoms with Crippen molar-refractivity contribution in [3.05, 3.63) is 0 Å². The van der Waals surface area contributed by atoms with E-state index in [0.717, 1.165) is 0 Å². The summed E-state index contributed by atoms with van der Waals surface area (Å²) in [6, 6.07) is 0. The highest BCUT2D eigenvalue weighted by molar-refractivity contribution is 4.81. The number of hydrogen-bond acceptors (Lipinski definition) is 2. The first-order valence-corrected chi connectivity index (χ1v) is 4.39. The summed E-state index contributed by atoms with van der Waals surface area (Å²) >= 11 is 0. The van der Waals surface area contributed by atoms with Gasteiger partial charge in [0.05, 0.1) is 6.10 Å². The van der Waals surface area contributed by atoms with Gasteiger partial charge in [0.2, 0.25) is 0 Å². The van der Waals surface area contributed by atoms with Gasteiger partial charge in [0, 0.05) is 0 Å². The SMILES string of the molecule is CC(C)(C)[C@@H]1CC[C@H](F)C(O)O1. The molecule has 0 aliphatic carbocycles. The van der Waals surface area contributed by atoms with Gasteiger partial charge < -0.3 is 9.84 Å². The van der Waals surface area contributed by atoms with Gasteiger partial charge >= 0.3 is 0 Å². The lowest BCUT2D eigenvalue weighted by Gasteiger charge is -2.37. The molecule has 0 aromatic heterocycles. The normalized spacial score (nSPS) is 38.2. The van der Waals surface area contributed by atoms with Gasteiger partial charge in [-0.1, -0.05) is 20.8 Å². The first kappa shape index (κ1) is 9.93. The van der Waals surface area contributed by atoms with E-state index in [0.29, 0.717) is 12.8 Å². The van der Waals surface area contributed by atoms with Crippen LogP contribution in [0.2, 0.25) is 0 Å². The Morgan fingerprint density at radius 1 is 1.33 bits per heavy atom. The largest absolute Gasteiger partial charge is 0.366 e. The van der Waals surface area contributed by atoms with Crippen molar-refractivity contribution in [2.24, 2.45) is 5.41 Å². The highest BCUT2D eigenvalue weighted by Gasteiger charge is 2.35. The van der Waals surface area contributed by atoms with E-state index in [1.807, 2.05) is 20.8 Å². The molecule has 0 amide bonds. The standard InChI is InChI=1S/C9H17FO2/c1-9(2,3)7-5-4-6(10)8(11)12-7/h6-8,11H,4-5H2,1-3H3/t6-,7-,8?/m0/s1. The number of rotatable bonds is 0. The van der Waals surface area contributed by atoms with E-state index in [1.54, 1.807) is 0 Å². The molecule has 1 heterocycles. The first-order valence-electron chi connectivity index (χ1n) is 4.39. The van der Waals surface area contributed by atoms with E-state index in [1.165, 1.54) is 0 Å². The Kier molecular flexibility index (Phi) is 2.74. The summed E-state index contributed by atoms with van der Waals surface area (Å²) in [4.78, 5) is 0. The maximum atomic E-state index is 12.8. The van der Waals surface area contributed by atoms with Crippen LogP contribution in [0.15, 0.2) is 0 Å². The van der Waals surface area contributed by atoms with Crippen LogP contribution in [-0.2, 0) is 4.74 Å². The van der Waals surface area contributed by atoms with Gasteiger partial charge in [0.15, 0.2) is 12.5 Å². The molecule has 72 valence electrons. The van der Waals surface area contributed by atoms with Crippen LogP contribution < -0.4 is 0 Å². The van der Waals surface area contributed by atoms with E-state index in [9.17, 15) is 4.39 Å². The summed E-state index contributed by atoms with van der Waals surface area (Å²) in [7, 11) is 0. The molecule has 1 aliphatic rings. The molecule has 12 heavy (non-hydrogen) atoms. The molecular formula is C9H17FO2. The maximum Gasteiger partial charge on any atom is 0.186 e. The Morgan fingerprint density at radius 2 is 1.92 bits per heavy atom. The van der Waals surface area contributed by atoms with Gasteiger partial charge in [-0.3, -0.25) is 0 Å². The van der Waals surface area contributed by atoms with Crippen molar-refractivity contribution in [2.75, 3.05) is 0 Å². The molecule has 2 nitrogen and oxygen atoms in total. The highest BCUT2D eigenvalue weighted by Crippen LogP contribution is 2.32. The second kappa shape index (κ2) is 3.30. The molecule has 0 spiro atoms. The number of aliphatic hydroxyl groups is 1. The van der Waals surface area contributed by atoms with Crippen molar-refractivity contribution in [1.29, 1.82) is 0 Å². The molecule has 1 N–H and O–H groups in total. The number of hydrogen-bond donors (Lipinski definition) is 1. The van der Waals surface area contributed by atoms with Gasteiger partial charge in [0.1, 0.15) is 0 Å². The molecule has 0 aromatic rings. The minimum Gasteiger partial charge on any atom is -0.366 e. The lowest BCUT2D eigenvalue weighted by molar-refractivity contribution is -0.219. The minimum absolute atomic E-state index is 0.0128. The predicted molar refractivity (Wildman–Crippen MR) is 44.5 cm³/mol. The van der Waals surface area contributed by atoms with Crippen molar-refractivity contribution >= 4 is 0 Å². The minimum atomic E-state index is -1.22. The molecule has 0 saturated carbocycles. The van der Waals surface area contributed by atoms with E-state index >= 15 is 0 Å². The summed E-state index contributed by atoms with van der Waals surface area (Å²) in [6.07, 6.45) is -1.35. The highest BCUT2D eigenvalue weighted by atomic mass is 19.1. The number of halogens is 1. The molecule has 1 aliphatic heterocycles. The Bertz CT molecular complexity index is 153. The van der Waals surface area contributed by atoms with Crippen LogP contribution in [0.3, 0.4) is 0 Å². The third kappa shape index (κ3) is 2.17. The van der Waals surface area contributed by atoms with E-state index in [4.69, 9.17) is 9.84 Å². The molecular weight excluding hydrogens is 159 g/mol. The quantitative estimate of drug-likeness (QED) is 0.610. The van der Waals surface area contributed by atoms with Crippen molar-refractivity contribution < 1.29 is 14.2 Å². The fourth-order valence-corrected chi connectivity index (χ4v) is 1.41. The molecule has 1 unspecified atom stereocenters. The summed E-state index contributed by atoms with van der Waals surface area (Å²) in [5.41, 5.74) is -0.0128. The number of ether oxygens (including phenoxy) is 1. The Balaban J connectivity index is 2.51. The van der Waals surface area contributed by atoms with Gasteiger partial charge in [-0.15, -0.1) is 0 Å². The van der Waals surface area contributed by atoms with Crippen LogP contribution in [-0.4, -0.2) is 23.7 Å². The number of alkyl halides is 1. The average Bonchev–Trinajstić information content (AvgIpc) is 1.92. The molecule has 3 atom stereocenters. The summed E-state index contributed by atoms with van der Waals surface area (Å²) < 4.78 is 17.9. The third-order valence-electron chi connectivity index (χ3n) is 2.28. The van der Waals surface area contributed by atoms with Gasteiger partial charge in [-0.2, -0.15) is 0 Å². The molecule has 0 radical (unpaired) electrons. The van der Waals surface area contributed by atoms with Crippen LogP contribution in [0.5, 0.6) is 0 Å². The topological polar surface area (TPSA) is 29.5 Å². The van der Waals surface area contributed by atoms with Crippen molar-refractivity contribution in [3.63, 3.8) is 0 Å². The van der Waals surface area contributed by atoms with Crippen LogP contribution in [0.4, 0.5) is 4.39 Å². The van der Waals surface area contributed by atoms with E-state index < -0.39 is 12.5 Å². The zero-order chi connectivity index (χ0) is 9.35. The van der Waals surface area contributed by atoms with Crippen LogP contribution in [0.1, 0.15) is 33.6 Å². The fraction of sp³-hybridized carbons (Fsp3) is 1.00. The molecule has 0 aromatic carbocycles. The molecule has 3 heteroatoms. The lowest BCUT2D eigenvalue weighted by Crippen LogP contribution is -2.42. The fourth-order valence-electron chi connectivity index (χ4n) is 1.41.